The van der Waals surface area contributed by atoms with Crippen molar-refractivity contribution in [3.8, 4) is 0 Å². The fraction of sp³-hybridized carbons (Fsp3) is 0.235. The highest BCUT2D eigenvalue weighted by atomic mass is 32.2. The van der Waals surface area contributed by atoms with E-state index >= 15 is 0 Å². The molecule has 0 fully saturated rings. The average molecular weight is 285 g/mol. The van der Waals surface area contributed by atoms with Crippen LogP contribution in [0.3, 0.4) is 0 Å². The Hall–Kier alpha value is -1.74. The van der Waals surface area contributed by atoms with E-state index < -0.39 is 0 Å². The Morgan fingerprint density at radius 2 is 1.70 bits per heavy atom. The van der Waals surface area contributed by atoms with Crippen molar-refractivity contribution in [2.75, 3.05) is 11.6 Å². The zero-order valence-corrected chi connectivity index (χ0v) is 12.8. The van der Waals surface area contributed by atoms with Gasteiger partial charge in [-0.3, -0.25) is 4.79 Å². The maximum atomic E-state index is 12.3. The largest absolute Gasteiger partial charge is 0.322 e. The molecule has 2 aromatic rings. The van der Waals surface area contributed by atoms with Crippen molar-refractivity contribution >= 4 is 23.4 Å². The molecular weight excluding hydrogens is 266 g/mol. The lowest BCUT2D eigenvalue weighted by molar-refractivity contribution is 0.102. The molecule has 0 aromatic heterocycles. The first-order chi connectivity index (χ1) is 9.61. The number of nitrogens with one attached hydrogen (secondary N) is 1. The van der Waals surface area contributed by atoms with Gasteiger partial charge >= 0.3 is 0 Å². The van der Waals surface area contributed by atoms with E-state index in [1.54, 1.807) is 11.8 Å². The fourth-order valence-corrected chi connectivity index (χ4v) is 2.58. The predicted molar refractivity (Wildman–Crippen MR) is 86.7 cm³/mol. The topological polar surface area (TPSA) is 29.1 Å². The number of carbonyl (C=O) groups excluding carboxylic acids is 1. The lowest BCUT2D eigenvalue weighted by atomic mass is 10.0. The molecule has 0 saturated carbocycles. The summed E-state index contributed by atoms with van der Waals surface area (Å²) in [6.45, 7) is 4.31. The lowest BCUT2D eigenvalue weighted by Crippen LogP contribution is -2.12. The van der Waals surface area contributed by atoms with Gasteiger partial charge in [-0.2, -0.15) is 0 Å². The zero-order chi connectivity index (χ0) is 14.5. The normalized spacial score (nSPS) is 10.6. The predicted octanol–water partition coefficient (Wildman–Crippen LogP) is 4.78. The second-order valence-electron chi connectivity index (χ2n) is 4.93. The van der Waals surface area contributed by atoms with Crippen LogP contribution in [0.2, 0.25) is 0 Å². The number of anilines is 1. The minimum Gasteiger partial charge on any atom is -0.322 e. The molecule has 0 spiro atoms. The van der Waals surface area contributed by atoms with E-state index in [1.807, 2.05) is 42.7 Å². The molecule has 2 aromatic carbocycles. The van der Waals surface area contributed by atoms with Crippen molar-refractivity contribution < 1.29 is 4.79 Å². The molecule has 0 bridgehead atoms. The van der Waals surface area contributed by atoms with Crippen molar-refractivity contribution in [3.05, 3.63) is 59.7 Å². The highest BCUT2D eigenvalue weighted by molar-refractivity contribution is 7.98. The van der Waals surface area contributed by atoms with Gasteiger partial charge in [-0.1, -0.05) is 38.1 Å². The molecule has 1 N–H and O–H groups in total. The smallest absolute Gasteiger partial charge is 0.256 e. The maximum absolute atomic E-state index is 12.3. The second-order valence-corrected chi connectivity index (χ2v) is 5.78. The van der Waals surface area contributed by atoms with E-state index in [4.69, 9.17) is 0 Å². The van der Waals surface area contributed by atoms with Crippen molar-refractivity contribution in [2.24, 2.45) is 0 Å². The number of carbonyl (C=O) groups is 1. The molecule has 3 heteroatoms. The van der Waals surface area contributed by atoms with Crippen LogP contribution in [0.1, 0.15) is 35.7 Å². The number of hydrogen-bond donors (Lipinski definition) is 1. The van der Waals surface area contributed by atoms with Crippen LogP contribution in [0.15, 0.2) is 53.4 Å². The first-order valence-corrected chi connectivity index (χ1v) is 7.88. The Bertz CT molecular complexity index is 590. The van der Waals surface area contributed by atoms with Gasteiger partial charge in [0, 0.05) is 10.6 Å². The van der Waals surface area contributed by atoms with Crippen LogP contribution in [-0.4, -0.2) is 12.2 Å². The summed E-state index contributed by atoms with van der Waals surface area (Å²) in [5.74, 6) is 0.434. The van der Waals surface area contributed by atoms with Gasteiger partial charge in [0.1, 0.15) is 0 Å². The van der Waals surface area contributed by atoms with Crippen LogP contribution >= 0.6 is 11.8 Å². The number of rotatable bonds is 4. The van der Waals surface area contributed by atoms with Crippen molar-refractivity contribution in [1.82, 2.24) is 0 Å². The molecule has 0 aliphatic heterocycles. The van der Waals surface area contributed by atoms with Crippen LogP contribution in [0.4, 0.5) is 5.69 Å². The van der Waals surface area contributed by atoms with Crippen LogP contribution in [-0.2, 0) is 0 Å². The molecule has 0 unspecified atom stereocenters. The second kappa shape index (κ2) is 6.62. The quantitative estimate of drug-likeness (QED) is 0.819. The SMILES string of the molecule is CSc1ccccc1C(=O)Nc1ccc(C(C)C)cc1. The van der Waals surface area contributed by atoms with E-state index in [2.05, 4.69) is 31.3 Å². The van der Waals surface area contributed by atoms with E-state index in [0.29, 0.717) is 11.5 Å². The number of thioether (sulfide) groups is 1. The maximum Gasteiger partial charge on any atom is 0.256 e. The molecule has 2 rings (SSSR count). The Labute approximate surface area is 124 Å². The van der Waals surface area contributed by atoms with Gasteiger partial charge in [-0.25, -0.2) is 0 Å². The molecular formula is C17H19NOS. The fourth-order valence-electron chi connectivity index (χ4n) is 1.98. The summed E-state index contributed by atoms with van der Waals surface area (Å²) in [4.78, 5) is 13.3. The molecule has 0 radical (unpaired) electrons. The van der Waals surface area contributed by atoms with Gasteiger partial charge in [-0.15, -0.1) is 11.8 Å². The van der Waals surface area contributed by atoms with Gasteiger partial charge < -0.3 is 5.32 Å². The molecule has 20 heavy (non-hydrogen) atoms. The van der Waals surface area contributed by atoms with E-state index in [0.717, 1.165) is 10.6 Å². The number of amides is 1. The van der Waals surface area contributed by atoms with Gasteiger partial charge in [-0.05, 0) is 42.0 Å². The van der Waals surface area contributed by atoms with Gasteiger partial charge in [0.2, 0.25) is 0 Å². The summed E-state index contributed by atoms with van der Waals surface area (Å²) in [5.41, 5.74) is 2.82. The lowest BCUT2D eigenvalue weighted by Gasteiger charge is -2.10. The molecule has 1 amide bonds. The zero-order valence-electron chi connectivity index (χ0n) is 12.0. The first kappa shape index (κ1) is 14.7. The molecule has 2 nitrogen and oxygen atoms in total. The summed E-state index contributed by atoms with van der Waals surface area (Å²) >= 11 is 1.58. The number of hydrogen-bond acceptors (Lipinski definition) is 2. The molecule has 104 valence electrons. The van der Waals surface area contributed by atoms with Crippen molar-refractivity contribution in [1.29, 1.82) is 0 Å². The minimum atomic E-state index is -0.0627. The Kier molecular flexibility index (Phi) is 4.85. The average Bonchev–Trinajstić information content (AvgIpc) is 2.47. The van der Waals surface area contributed by atoms with E-state index in [-0.39, 0.29) is 5.91 Å². The third-order valence-corrected chi connectivity index (χ3v) is 3.98. The minimum absolute atomic E-state index is 0.0627. The highest BCUT2D eigenvalue weighted by Gasteiger charge is 2.10. The van der Waals surface area contributed by atoms with E-state index in [1.165, 1.54) is 5.56 Å². The van der Waals surface area contributed by atoms with Gasteiger partial charge in [0.05, 0.1) is 5.56 Å². The Balaban J connectivity index is 2.15. The molecule has 0 saturated heterocycles. The Morgan fingerprint density at radius 1 is 1.05 bits per heavy atom. The van der Waals surface area contributed by atoms with Crippen LogP contribution in [0.25, 0.3) is 0 Å². The van der Waals surface area contributed by atoms with Gasteiger partial charge in [0.15, 0.2) is 0 Å². The standard InChI is InChI=1S/C17H19NOS/c1-12(2)13-8-10-14(11-9-13)18-17(19)15-6-4-5-7-16(15)20-3/h4-12H,1-3H3,(H,18,19). The molecule has 0 aliphatic rings. The van der Waals surface area contributed by atoms with Crippen molar-refractivity contribution in [2.45, 2.75) is 24.7 Å². The monoisotopic (exact) mass is 285 g/mol. The van der Waals surface area contributed by atoms with Crippen LogP contribution < -0.4 is 5.32 Å². The third-order valence-electron chi connectivity index (χ3n) is 3.19. The highest BCUT2D eigenvalue weighted by Crippen LogP contribution is 2.22. The summed E-state index contributed by atoms with van der Waals surface area (Å²) in [5, 5.41) is 2.95. The first-order valence-electron chi connectivity index (χ1n) is 6.66. The van der Waals surface area contributed by atoms with Crippen molar-refractivity contribution in [3.63, 3.8) is 0 Å². The van der Waals surface area contributed by atoms with Crippen LogP contribution in [0.5, 0.6) is 0 Å². The summed E-state index contributed by atoms with van der Waals surface area (Å²) in [6, 6.07) is 15.7. The molecule has 0 atom stereocenters. The van der Waals surface area contributed by atoms with Gasteiger partial charge in [0.25, 0.3) is 5.91 Å². The molecule has 0 aliphatic carbocycles. The summed E-state index contributed by atoms with van der Waals surface area (Å²) in [6.07, 6.45) is 1.98. The number of benzene rings is 2. The Morgan fingerprint density at radius 3 is 2.30 bits per heavy atom. The summed E-state index contributed by atoms with van der Waals surface area (Å²) < 4.78 is 0. The van der Waals surface area contributed by atoms with E-state index in [9.17, 15) is 4.79 Å². The summed E-state index contributed by atoms with van der Waals surface area (Å²) in [7, 11) is 0. The van der Waals surface area contributed by atoms with Crippen LogP contribution in [0, 0.1) is 0 Å². The third kappa shape index (κ3) is 3.42. The molecule has 0 heterocycles.